The van der Waals surface area contributed by atoms with Gasteiger partial charge in [-0.2, -0.15) is 0 Å². The number of ether oxygens (including phenoxy) is 2. The van der Waals surface area contributed by atoms with Crippen LogP contribution in [0.5, 0.6) is 11.5 Å². The van der Waals surface area contributed by atoms with Gasteiger partial charge in [0.05, 0.1) is 29.6 Å². The van der Waals surface area contributed by atoms with Crippen LogP contribution in [0.1, 0.15) is 22.8 Å². The third kappa shape index (κ3) is 5.62. The zero-order chi connectivity index (χ0) is 24.9. The molecule has 3 aromatic rings. The van der Waals surface area contributed by atoms with Gasteiger partial charge in [0, 0.05) is 17.4 Å². The number of amides is 1. The maximum Gasteiger partial charge on any atom is 0.286 e. The number of nitro benzene ring substituents is 1. The molecular weight excluding hydrogens is 462 g/mol. The molecule has 3 rings (SSSR count). The maximum absolute atomic E-state index is 12.8. The summed E-state index contributed by atoms with van der Waals surface area (Å²) in [6.45, 7) is 3.86. The first-order valence-corrected chi connectivity index (χ1v) is 11.6. The zero-order valence-electron chi connectivity index (χ0n) is 18.7. The Morgan fingerprint density at radius 2 is 1.62 bits per heavy atom. The first-order chi connectivity index (χ1) is 16.1. The molecule has 0 radical (unpaired) electrons. The van der Waals surface area contributed by atoms with E-state index in [0.717, 1.165) is 11.6 Å². The van der Waals surface area contributed by atoms with Crippen LogP contribution in [0.2, 0.25) is 0 Å². The van der Waals surface area contributed by atoms with Gasteiger partial charge in [-0.05, 0) is 50.2 Å². The molecule has 178 valence electrons. The molecule has 0 saturated carbocycles. The van der Waals surface area contributed by atoms with Crippen molar-refractivity contribution in [3.05, 3.63) is 81.9 Å². The van der Waals surface area contributed by atoms with Crippen molar-refractivity contribution < 1.29 is 27.6 Å². The average Bonchev–Trinajstić information content (AvgIpc) is 2.80. The van der Waals surface area contributed by atoms with E-state index in [0.29, 0.717) is 5.69 Å². The van der Waals surface area contributed by atoms with Crippen LogP contribution in [0, 0.1) is 17.0 Å². The first-order valence-electron chi connectivity index (χ1n) is 10.1. The zero-order valence-corrected chi connectivity index (χ0v) is 19.5. The van der Waals surface area contributed by atoms with E-state index in [1.54, 1.807) is 19.1 Å². The number of nitro groups is 1. The lowest BCUT2D eigenvalue weighted by atomic mass is 10.1. The van der Waals surface area contributed by atoms with Crippen LogP contribution in [0.25, 0.3) is 0 Å². The number of sulfonamides is 1. The van der Waals surface area contributed by atoms with Gasteiger partial charge >= 0.3 is 0 Å². The second-order valence-corrected chi connectivity index (χ2v) is 8.84. The van der Waals surface area contributed by atoms with Gasteiger partial charge in [0.1, 0.15) is 5.56 Å². The number of anilines is 2. The molecule has 0 saturated heterocycles. The van der Waals surface area contributed by atoms with Gasteiger partial charge in [-0.1, -0.05) is 17.7 Å². The largest absolute Gasteiger partial charge is 0.493 e. The summed E-state index contributed by atoms with van der Waals surface area (Å²) in [5.41, 5.74) is 0.877. The highest BCUT2D eigenvalue weighted by molar-refractivity contribution is 7.92. The molecule has 0 bridgehead atoms. The van der Waals surface area contributed by atoms with Crippen molar-refractivity contribution in [2.24, 2.45) is 0 Å². The molecule has 0 aliphatic rings. The molecule has 0 unspecified atom stereocenters. The van der Waals surface area contributed by atoms with Crippen LogP contribution >= 0.6 is 0 Å². The topological polar surface area (TPSA) is 137 Å². The van der Waals surface area contributed by atoms with Crippen LogP contribution in [0.4, 0.5) is 17.1 Å². The number of nitrogens with one attached hydrogen (secondary N) is 2. The molecule has 0 fully saturated rings. The lowest BCUT2D eigenvalue weighted by molar-refractivity contribution is -0.385. The predicted molar refractivity (Wildman–Crippen MR) is 127 cm³/mol. The third-order valence-corrected chi connectivity index (χ3v) is 6.15. The highest BCUT2D eigenvalue weighted by Crippen LogP contribution is 2.35. The van der Waals surface area contributed by atoms with Crippen molar-refractivity contribution in [2.75, 3.05) is 23.8 Å². The minimum Gasteiger partial charge on any atom is -0.493 e. The first kappa shape index (κ1) is 24.5. The number of aryl methyl sites for hydroxylation is 1. The van der Waals surface area contributed by atoms with Gasteiger partial charge in [0.2, 0.25) is 0 Å². The molecular formula is C23H23N3O7S. The smallest absolute Gasteiger partial charge is 0.286 e. The highest BCUT2D eigenvalue weighted by Gasteiger charge is 2.25. The number of carbonyl (C=O) groups is 1. The van der Waals surface area contributed by atoms with Crippen LogP contribution in [-0.2, 0) is 10.0 Å². The third-order valence-electron chi connectivity index (χ3n) is 4.75. The van der Waals surface area contributed by atoms with Crippen LogP contribution < -0.4 is 19.5 Å². The second kappa shape index (κ2) is 10.2. The highest BCUT2D eigenvalue weighted by atomic mass is 32.2. The summed E-state index contributed by atoms with van der Waals surface area (Å²) >= 11 is 0. The number of methoxy groups -OCH3 is 1. The van der Waals surface area contributed by atoms with E-state index in [4.69, 9.17) is 9.47 Å². The van der Waals surface area contributed by atoms with Gasteiger partial charge in [-0.15, -0.1) is 0 Å². The summed E-state index contributed by atoms with van der Waals surface area (Å²) in [5, 5.41) is 14.1. The normalized spacial score (nSPS) is 10.9. The number of rotatable bonds is 9. The molecule has 0 heterocycles. The number of hydrogen-bond acceptors (Lipinski definition) is 7. The minimum atomic E-state index is -3.78. The van der Waals surface area contributed by atoms with Crippen molar-refractivity contribution in [3.8, 4) is 11.5 Å². The Labute approximate surface area is 196 Å². The SMILES string of the molecule is CCOc1cc(C(=O)Nc2ccc(NS(=O)(=O)c3ccc(C)cc3)cc2)c([N+](=O)[O-])cc1OC. The Hall–Kier alpha value is -4.12. The second-order valence-electron chi connectivity index (χ2n) is 7.16. The van der Waals surface area contributed by atoms with Gasteiger partial charge in [-0.3, -0.25) is 19.6 Å². The number of nitrogens with zero attached hydrogens (tertiary/aromatic N) is 1. The quantitative estimate of drug-likeness (QED) is 0.339. The van der Waals surface area contributed by atoms with E-state index in [1.807, 2.05) is 6.92 Å². The Morgan fingerprint density at radius 3 is 2.18 bits per heavy atom. The van der Waals surface area contributed by atoms with Crippen molar-refractivity contribution >= 4 is 33.0 Å². The average molecular weight is 486 g/mol. The van der Waals surface area contributed by atoms with Crippen LogP contribution in [-0.4, -0.2) is 33.0 Å². The number of carbonyl (C=O) groups excluding carboxylic acids is 1. The van der Waals surface area contributed by atoms with Gasteiger partial charge in [0.25, 0.3) is 21.6 Å². The van der Waals surface area contributed by atoms with E-state index < -0.39 is 26.5 Å². The summed E-state index contributed by atoms with van der Waals surface area (Å²) in [6, 6.07) is 14.7. The van der Waals surface area contributed by atoms with E-state index in [1.165, 1.54) is 49.6 Å². The molecule has 1 amide bonds. The molecule has 0 aliphatic heterocycles. The number of benzene rings is 3. The maximum atomic E-state index is 12.8. The van der Waals surface area contributed by atoms with Gasteiger partial charge < -0.3 is 14.8 Å². The molecule has 11 heteroatoms. The fourth-order valence-electron chi connectivity index (χ4n) is 3.06. The Balaban J connectivity index is 1.80. The Bertz CT molecular complexity index is 1310. The summed E-state index contributed by atoms with van der Waals surface area (Å²) in [5.74, 6) is -0.403. The van der Waals surface area contributed by atoms with Gasteiger partial charge in [-0.25, -0.2) is 8.42 Å². The molecule has 0 aromatic heterocycles. The van der Waals surface area contributed by atoms with E-state index in [2.05, 4.69) is 10.0 Å². The molecule has 34 heavy (non-hydrogen) atoms. The summed E-state index contributed by atoms with van der Waals surface area (Å²) in [4.78, 5) is 23.7. The molecule has 3 aromatic carbocycles. The summed E-state index contributed by atoms with van der Waals surface area (Å²) in [7, 11) is -2.44. The lowest BCUT2D eigenvalue weighted by Gasteiger charge is -2.12. The van der Waals surface area contributed by atoms with E-state index in [9.17, 15) is 23.3 Å². The van der Waals surface area contributed by atoms with E-state index in [-0.39, 0.29) is 34.3 Å². The van der Waals surface area contributed by atoms with Crippen LogP contribution in [0.3, 0.4) is 0 Å². The Kier molecular flexibility index (Phi) is 7.37. The lowest BCUT2D eigenvalue weighted by Crippen LogP contribution is -2.15. The molecule has 0 atom stereocenters. The standard InChI is InChI=1S/C23H23N3O7S/c1-4-33-22-13-19(20(26(28)29)14-21(22)32-3)23(27)24-16-7-9-17(10-8-16)25-34(30,31)18-11-5-15(2)6-12-18/h5-14,25H,4H2,1-3H3,(H,24,27). The summed E-state index contributed by atoms with van der Waals surface area (Å²) in [6.07, 6.45) is 0. The van der Waals surface area contributed by atoms with Crippen LogP contribution in [0.15, 0.2) is 65.6 Å². The molecule has 2 N–H and O–H groups in total. The molecule has 10 nitrogen and oxygen atoms in total. The fourth-order valence-corrected chi connectivity index (χ4v) is 4.12. The van der Waals surface area contributed by atoms with Crippen molar-refractivity contribution in [1.82, 2.24) is 0 Å². The number of hydrogen-bond donors (Lipinski definition) is 2. The van der Waals surface area contributed by atoms with Gasteiger partial charge in [0.15, 0.2) is 11.5 Å². The minimum absolute atomic E-state index is 0.118. The van der Waals surface area contributed by atoms with Crippen molar-refractivity contribution in [3.63, 3.8) is 0 Å². The van der Waals surface area contributed by atoms with Crippen molar-refractivity contribution in [2.45, 2.75) is 18.7 Å². The fraction of sp³-hybridized carbons (Fsp3) is 0.174. The molecule has 0 aliphatic carbocycles. The monoisotopic (exact) mass is 485 g/mol. The Morgan fingerprint density at radius 1 is 1.00 bits per heavy atom. The predicted octanol–water partition coefficient (Wildman–Crippen LogP) is 4.36. The van der Waals surface area contributed by atoms with Crippen molar-refractivity contribution in [1.29, 1.82) is 0 Å². The molecule has 0 spiro atoms. The van der Waals surface area contributed by atoms with E-state index >= 15 is 0 Å². The summed E-state index contributed by atoms with van der Waals surface area (Å²) < 4.78 is 38.1.